The minimum atomic E-state index is -1.30. The number of hydrogen-bond acceptors (Lipinski definition) is 3. The highest BCUT2D eigenvalue weighted by Crippen LogP contribution is 2.42. The van der Waals surface area contributed by atoms with Crippen molar-refractivity contribution in [3.63, 3.8) is 0 Å². The summed E-state index contributed by atoms with van der Waals surface area (Å²) in [6.07, 6.45) is 4.27. The topological polar surface area (TPSA) is 58.3 Å². The predicted molar refractivity (Wildman–Crippen MR) is 156 cm³/mol. The molecule has 0 aliphatic heterocycles. The van der Waals surface area contributed by atoms with Crippen LogP contribution < -0.4 is 0 Å². The van der Waals surface area contributed by atoms with Crippen LogP contribution in [0.2, 0.25) is 0 Å². The van der Waals surface area contributed by atoms with E-state index in [9.17, 15) is 10.2 Å². The zero-order valence-corrected chi connectivity index (χ0v) is 21.8. The molecule has 4 nitrogen and oxygen atoms in total. The summed E-state index contributed by atoms with van der Waals surface area (Å²) in [5.41, 5.74) is 2.62. The number of phenolic OH excluding ortho intramolecular Hbond substituents is 1. The fraction of sp³-hybridized carbons (Fsp3) is 0.114. The Hall–Kier alpha value is -4.67. The molecule has 0 amide bonds. The van der Waals surface area contributed by atoms with Gasteiger partial charge in [-0.1, -0.05) is 116 Å². The molecule has 5 aromatic carbocycles. The first-order chi connectivity index (χ1) is 19.1. The average molecular weight is 511 g/mol. The van der Waals surface area contributed by atoms with Crippen LogP contribution in [-0.4, -0.2) is 19.8 Å². The predicted octanol–water partition coefficient (Wildman–Crippen LogP) is 7.23. The zero-order valence-electron chi connectivity index (χ0n) is 21.8. The third-order valence-electron chi connectivity index (χ3n) is 7.78. The van der Waals surface area contributed by atoms with E-state index in [-0.39, 0.29) is 5.75 Å². The Labute approximate surface area is 228 Å². The van der Waals surface area contributed by atoms with E-state index in [0.717, 1.165) is 33.0 Å². The number of aromatic nitrogens is 2. The highest BCUT2D eigenvalue weighted by Gasteiger charge is 2.40. The lowest BCUT2D eigenvalue weighted by Gasteiger charge is -2.37. The summed E-state index contributed by atoms with van der Waals surface area (Å²) >= 11 is 0. The third-order valence-corrected chi connectivity index (χ3v) is 7.78. The molecule has 1 aromatic heterocycles. The van der Waals surface area contributed by atoms with Gasteiger partial charge in [-0.15, -0.1) is 0 Å². The largest absolute Gasteiger partial charge is 0.508 e. The van der Waals surface area contributed by atoms with Crippen LogP contribution in [0.4, 0.5) is 0 Å². The Morgan fingerprint density at radius 2 is 1.15 bits per heavy atom. The fourth-order valence-corrected chi connectivity index (χ4v) is 5.73. The molecule has 0 aliphatic rings. The van der Waals surface area contributed by atoms with Gasteiger partial charge < -0.3 is 14.8 Å². The van der Waals surface area contributed by atoms with Crippen molar-refractivity contribution in [3.8, 4) is 5.75 Å². The van der Waals surface area contributed by atoms with Crippen molar-refractivity contribution in [1.82, 2.24) is 9.55 Å². The second-order valence-electron chi connectivity index (χ2n) is 9.93. The molecule has 0 fully saturated rings. The quantitative estimate of drug-likeness (QED) is 0.223. The Morgan fingerprint density at radius 1 is 0.641 bits per heavy atom. The molecule has 4 heteroatoms. The third kappa shape index (κ3) is 4.10. The number of aliphatic hydroxyl groups is 1. The molecule has 0 spiro atoms. The summed E-state index contributed by atoms with van der Waals surface area (Å²) in [6.45, 7) is 1.97. The maximum absolute atomic E-state index is 12.1. The summed E-state index contributed by atoms with van der Waals surface area (Å²) in [4.78, 5) is 4.85. The van der Waals surface area contributed by atoms with Crippen molar-refractivity contribution in [1.29, 1.82) is 0 Å². The van der Waals surface area contributed by atoms with Gasteiger partial charge in [0.05, 0.1) is 12.0 Å². The molecule has 39 heavy (non-hydrogen) atoms. The average Bonchev–Trinajstić information content (AvgIpc) is 3.50. The monoisotopic (exact) mass is 510 g/mol. The minimum absolute atomic E-state index is 0.221. The molecule has 0 saturated heterocycles. The van der Waals surface area contributed by atoms with Crippen molar-refractivity contribution >= 4 is 10.8 Å². The molecular weight excluding hydrogens is 480 g/mol. The van der Waals surface area contributed by atoms with Crippen molar-refractivity contribution < 1.29 is 10.2 Å². The smallest absolute Gasteiger partial charge is 0.133 e. The van der Waals surface area contributed by atoms with Crippen LogP contribution in [0.15, 0.2) is 140 Å². The molecule has 6 aromatic rings. The van der Waals surface area contributed by atoms with Gasteiger partial charge in [0, 0.05) is 6.20 Å². The maximum atomic E-state index is 12.1. The molecular formula is C35H30N2O2. The first-order valence-corrected chi connectivity index (χ1v) is 13.2. The van der Waals surface area contributed by atoms with Gasteiger partial charge in [0.2, 0.25) is 0 Å². The van der Waals surface area contributed by atoms with Crippen LogP contribution >= 0.6 is 0 Å². The Morgan fingerprint density at radius 3 is 1.69 bits per heavy atom. The standard InChI is InChI=1S/C35H30N2O2/c1-2-34(39,31-20-18-27-23-32(38)21-19-26(27)22-31)33-24-37(25-36-33)35(28-12-6-3-7-13-28,29-14-8-4-9-15-29)30-16-10-5-11-17-30/h3-25,38-39H,2H2,1H3. The molecule has 2 N–H and O–H groups in total. The van der Waals surface area contributed by atoms with Crippen molar-refractivity contribution in [2.45, 2.75) is 24.5 Å². The van der Waals surface area contributed by atoms with Crippen molar-refractivity contribution in [2.24, 2.45) is 0 Å². The van der Waals surface area contributed by atoms with E-state index >= 15 is 0 Å². The number of phenols is 1. The molecule has 0 radical (unpaired) electrons. The minimum Gasteiger partial charge on any atom is -0.508 e. The Bertz CT molecular complexity index is 1620. The van der Waals surface area contributed by atoms with Crippen LogP contribution in [-0.2, 0) is 11.1 Å². The molecule has 0 bridgehead atoms. The first-order valence-electron chi connectivity index (χ1n) is 13.2. The van der Waals surface area contributed by atoms with Gasteiger partial charge in [-0.2, -0.15) is 0 Å². The van der Waals surface area contributed by atoms with Crippen LogP contribution in [0.25, 0.3) is 10.8 Å². The fourth-order valence-electron chi connectivity index (χ4n) is 5.73. The first kappa shape index (κ1) is 24.7. The molecule has 0 saturated carbocycles. The number of nitrogens with zero attached hydrogens (tertiary/aromatic N) is 2. The van der Waals surface area contributed by atoms with Gasteiger partial charge in [-0.05, 0) is 57.6 Å². The normalized spacial score (nSPS) is 13.3. The molecule has 0 aliphatic carbocycles. The highest BCUT2D eigenvalue weighted by molar-refractivity contribution is 5.84. The van der Waals surface area contributed by atoms with Crippen LogP contribution in [0.1, 0.15) is 41.3 Å². The van der Waals surface area contributed by atoms with E-state index < -0.39 is 11.1 Å². The van der Waals surface area contributed by atoms with E-state index in [1.807, 2.05) is 61.9 Å². The van der Waals surface area contributed by atoms with Gasteiger partial charge >= 0.3 is 0 Å². The molecule has 1 heterocycles. The number of hydrogen-bond donors (Lipinski definition) is 2. The zero-order chi connectivity index (χ0) is 26.9. The number of imidazole rings is 1. The van der Waals surface area contributed by atoms with Gasteiger partial charge in [-0.3, -0.25) is 0 Å². The lowest BCUT2D eigenvalue weighted by molar-refractivity contribution is 0.0723. The van der Waals surface area contributed by atoms with Crippen molar-refractivity contribution in [2.75, 3.05) is 0 Å². The lowest BCUT2D eigenvalue weighted by atomic mass is 9.76. The second-order valence-corrected chi connectivity index (χ2v) is 9.93. The number of aromatic hydroxyl groups is 1. The second kappa shape index (κ2) is 9.90. The SMILES string of the molecule is CCC(O)(c1ccc2cc(O)ccc2c1)c1cn(C(c2ccccc2)(c2ccccc2)c2ccccc2)cn1. The van der Waals surface area contributed by atoms with Gasteiger partial charge in [0.1, 0.15) is 16.9 Å². The van der Waals surface area contributed by atoms with Gasteiger partial charge in [0.25, 0.3) is 0 Å². The van der Waals surface area contributed by atoms with E-state index in [0.29, 0.717) is 12.1 Å². The van der Waals surface area contributed by atoms with Crippen LogP contribution in [0, 0.1) is 0 Å². The van der Waals surface area contributed by atoms with E-state index in [4.69, 9.17) is 4.98 Å². The van der Waals surface area contributed by atoms with Gasteiger partial charge in [-0.25, -0.2) is 4.98 Å². The summed E-state index contributed by atoms with van der Waals surface area (Å²) < 4.78 is 2.13. The Balaban J connectivity index is 1.57. The number of benzene rings is 5. The van der Waals surface area contributed by atoms with Crippen molar-refractivity contribution in [3.05, 3.63) is 168 Å². The summed E-state index contributed by atoms with van der Waals surface area (Å²) in [5, 5.41) is 23.9. The van der Waals surface area contributed by atoms with Gasteiger partial charge in [0.15, 0.2) is 0 Å². The number of rotatable bonds is 7. The maximum Gasteiger partial charge on any atom is 0.133 e. The van der Waals surface area contributed by atoms with E-state index in [1.165, 1.54) is 0 Å². The lowest BCUT2D eigenvalue weighted by Crippen LogP contribution is -2.37. The molecule has 1 unspecified atom stereocenters. The molecule has 1 atom stereocenters. The van der Waals surface area contributed by atoms with E-state index in [1.54, 1.807) is 12.1 Å². The summed E-state index contributed by atoms with van der Waals surface area (Å²) in [7, 11) is 0. The highest BCUT2D eigenvalue weighted by atomic mass is 16.3. The van der Waals surface area contributed by atoms with Crippen LogP contribution in [0.3, 0.4) is 0 Å². The summed E-state index contributed by atoms with van der Waals surface area (Å²) in [5.74, 6) is 0.221. The number of fused-ring (bicyclic) bond motifs is 1. The molecule has 192 valence electrons. The van der Waals surface area contributed by atoms with Crippen LogP contribution in [0.5, 0.6) is 5.75 Å². The molecule has 6 rings (SSSR count). The van der Waals surface area contributed by atoms with E-state index in [2.05, 4.69) is 77.4 Å². The summed E-state index contributed by atoms with van der Waals surface area (Å²) in [6, 6.07) is 42.4. The Kier molecular flexibility index (Phi) is 6.26.